The van der Waals surface area contributed by atoms with E-state index in [1.165, 1.54) is 25.7 Å². The first-order chi connectivity index (χ1) is 6.49. The minimum absolute atomic E-state index is 0.828. The Hall–Kier alpha value is -0.260. The molecule has 1 unspecified atom stereocenters. The van der Waals surface area contributed by atoms with Crippen LogP contribution in [0.15, 0.2) is 11.1 Å². The van der Waals surface area contributed by atoms with Crippen molar-refractivity contribution in [3.63, 3.8) is 0 Å². The summed E-state index contributed by atoms with van der Waals surface area (Å²) in [6, 6.07) is 0. The molecule has 0 bridgehead atoms. The van der Waals surface area contributed by atoms with Crippen LogP contribution in [0.4, 0.5) is 0 Å². The van der Waals surface area contributed by atoms with Crippen molar-refractivity contribution in [1.82, 2.24) is 0 Å². The van der Waals surface area contributed by atoms with E-state index >= 15 is 0 Å². The molecular formula is C14H28. The molecule has 0 aliphatic heterocycles. The predicted molar refractivity (Wildman–Crippen MR) is 66.5 cm³/mol. The monoisotopic (exact) mass is 196 g/mol. The first-order valence-electron chi connectivity index (χ1n) is 6.14. The quantitative estimate of drug-likeness (QED) is 0.512. The molecule has 0 fully saturated rings. The Labute approximate surface area is 90.8 Å². The van der Waals surface area contributed by atoms with Crippen molar-refractivity contribution >= 4 is 0 Å². The van der Waals surface area contributed by atoms with Crippen LogP contribution in [0.2, 0.25) is 0 Å². The molecule has 0 nitrogen and oxygen atoms in total. The van der Waals surface area contributed by atoms with Crippen LogP contribution >= 0.6 is 0 Å². The second-order valence-electron chi connectivity index (χ2n) is 5.07. The van der Waals surface area contributed by atoms with Gasteiger partial charge in [0.05, 0.1) is 0 Å². The second kappa shape index (κ2) is 7.09. The van der Waals surface area contributed by atoms with Crippen LogP contribution in [0.1, 0.15) is 67.2 Å². The van der Waals surface area contributed by atoms with Crippen molar-refractivity contribution in [2.45, 2.75) is 67.2 Å². The third kappa shape index (κ3) is 5.47. The molecule has 0 aliphatic rings. The summed E-state index contributed by atoms with van der Waals surface area (Å²) in [6.07, 6.45) is 5.21. The number of allylic oxidation sites excluding steroid dienone is 2. The van der Waals surface area contributed by atoms with Crippen LogP contribution < -0.4 is 0 Å². The molecular weight excluding hydrogens is 168 g/mol. The summed E-state index contributed by atoms with van der Waals surface area (Å²) in [5.41, 5.74) is 3.24. The van der Waals surface area contributed by atoms with Crippen molar-refractivity contribution in [1.29, 1.82) is 0 Å². The molecule has 0 aromatic carbocycles. The van der Waals surface area contributed by atoms with Gasteiger partial charge < -0.3 is 0 Å². The number of hydrogen-bond donors (Lipinski definition) is 0. The Morgan fingerprint density at radius 2 is 1.43 bits per heavy atom. The van der Waals surface area contributed by atoms with Gasteiger partial charge >= 0.3 is 0 Å². The number of rotatable bonds is 6. The SMILES string of the molecule is CCCC(C)=C(C)CCC(C)C(C)C. The van der Waals surface area contributed by atoms with E-state index in [-0.39, 0.29) is 0 Å². The van der Waals surface area contributed by atoms with E-state index in [0.717, 1.165) is 11.8 Å². The molecule has 0 saturated carbocycles. The van der Waals surface area contributed by atoms with Crippen LogP contribution in [0.3, 0.4) is 0 Å². The minimum Gasteiger partial charge on any atom is -0.0744 e. The van der Waals surface area contributed by atoms with Gasteiger partial charge in [0.25, 0.3) is 0 Å². The molecule has 84 valence electrons. The van der Waals surface area contributed by atoms with E-state index in [2.05, 4.69) is 41.5 Å². The Morgan fingerprint density at radius 3 is 1.86 bits per heavy atom. The van der Waals surface area contributed by atoms with Gasteiger partial charge in [-0.15, -0.1) is 0 Å². The summed E-state index contributed by atoms with van der Waals surface area (Å²) in [4.78, 5) is 0. The first kappa shape index (κ1) is 13.7. The van der Waals surface area contributed by atoms with Crippen LogP contribution in [0, 0.1) is 11.8 Å². The highest BCUT2D eigenvalue weighted by Gasteiger charge is 2.07. The second-order valence-corrected chi connectivity index (χ2v) is 5.07. The average molecular weight is 196 g/mol. The third-order valence-corrected chi connectivity index (χ3v) is 3.47. The molecule has 0 spiro atoms. The van der Waals surface area contributed by atoms with E-state index in [1.807, 2.05) is 0 Å². The molecule has 0 radical (unpaired) electrons. The average Bonchev–Trinajstić information content (AvgIpc) is 2.13. The molecule has 0 heterocycles. The third-order valence-electron chi connectivity index (χ3n) is 3.47. The normalized spacial score (nSPS) is 15.6. The lowest BCUT2D eigenvalue weighted by Crippen LogP contribution is -2.03. The standard InChI is InChI=1S/C14H28/c1-7-8-13(5)14(6)10-9-12(4)11(2)3/h11-12H,7-10H2,1-6H3. The fourth-order valence-electron chi connectivity index (χ4n) is 1.58. The maximum absolute atomic E-state index is 2.37. The smallest absolute Gasteiger partial charge is 0.0318 e. The van der Waals surface area contributed by atoms with Crippen LogP contribution in [-0.2, 0) is 0 Å². The van der Waals surface area contributed by atoms with Crippen LogP contribution in [-0.4, -0.2) is 0 Å². The highest BCUT2D eigenvalue weighted by atomic mass is 14.1. The van der Waals surface area contributed by atoms with E-state index < -0.39 is 0 Å². The molecule has 1 atom stereocenters. The zero-order valence-electron chi connectivity index (χ0n) is 11.0. The van der Waals surface area contributed by atoms with Gasteiger partial charge in [-0.2, -0.15) is 0 Å². The highest BCUT2D eigenvalue weighted by Crippen LogP contribution is 2.21. The van der Waals surface area contributed by atoms with Crippen molar-refractivity contribution in [2.24, 2.45) is 11.8 Å². The van der Waals surface area contributed by atoms with Gasteiger partial charge in [0.15, 0.2) is 0 Å². The molecule has 0 rings (SSSR count). The lowest BCUT2D eigenvalue weighted by atomic mass is 9.90. The summed E-state index contributed by atoms with van der Waals surface area (Å²) in [6.45, 7) is 13.9. The lowest BCUT2D eigenvalue weighted by molar-refractivity contribution is 0.392. The fraction of sp³-hybridized carbons (Fsp3) is 0.857. The molecule has 0 aromatic heterocycles. The summed E-state index contributed by atoms with van der Waals surface area (Å²) in [5.74, 6) is 1.69. The van der Waals surface area contributed by atoms with Gasteiger partial charge in [0.2, 0.25) is 0 Å². The van der Waals surface area contributed by atoms with E-state index in [0.29, 0.717) is 0 Å². The number of hydrogen-bond acceptors (Lipinski definition) is 0. The molecule has 0 aromatic rings. The molecule has 0 amide bonds. The lowest BCUT2D eigenvalue weighted by Gasteiger charge is -2.16. The summed E-state index contributed by atoms with van der Waals surface area (Å²) in [5, 5.41) is 0. The zero-order chi connectivity index (χ0) is 11.1. The van der Waals surface area contributed by atoms with Gasteiger partial charge in [-0.3, -0.25) is 0 Å². The largest absolute Gasteiger partial charge is 0.0744 e. The van der Waals surface area contributed by atoms with Gasteiger partial charge in [-0.05, 0) is 44.9 Å². The van der Waals surface area contributed by atoms with Crippen LogP contribution in [0.25, 0.3) is 0 Å². The van der Waals surface area contributed by atoms with Crippen molar-refractivity contribution in [3.05, 3.63) is 11.1 Å². The minimum atomic E-state index is 0.828. The Morgan fingerprint density at radius 1 is 0.929 bits per heavy atom. The van der Waals surface area contributed by atoms with Crippen molar-refractivity contribution in [2.75, 3.05) is 0 Å². The van der Waals surface area contributed by atoms with Crippen LogP contribution in [0.5, 0.6) is 0 Å². The van der Waals surface area contributed by atoms with E-state index in [4.69, 9.17) is 0 Å². The molecule has 0 aliphatic carbocycles. The Balaban J connectivity index is 3.94. The van der Waals surface area contributed by atoms with Gasteiger partial charge in [0, 0.05) is 0 Å². The van der Waals surface area contributed by atoms with E-state index in [1.54, 1.807) is 11.1 Å². The zero-order valence-corrected chi connectivity index (χ0v) is 11.0. The highest BCUT2D eigenvalue weighted by molar-refractivity contribution is 5.09. The maximum Gasteiger partial charge on any atom is -0.0318 e. The van der Waals surface area contributed by atoms with Crippen molar-refractivity contribution in [3.8, 4) is 0 Å². The summed E-state index contributed by atoms with van der Waals surface area (Å²) < 4.78 is 0. The topological polar surface area (TPSA) is 0 Å². The summed E-state index contributed by atoms with van der Waals surface area (Å²) in [7, 11) is 0. The van der Waals surface area contributed by atoms with Crippen molar-refractivity contribution < 1.29 is 0 Å². The molecule has 0 saturated heterocycles. The summed E-state index contributed by atoms with van der Waals surface area (Å²) >= 11 is 0. The molecule has 0 heteroatoms. The van der Waals surface area contributed by atoms with Gasteiger partial charge in [-0.1, -0.05) is 45.3 Å². The predicted octanol–water partition coefficient (Wildman–Crippen LogP) is 5.20. The molecule has 0 N–H and O–H groups in total. The van der Waals surface area contributed by atoms with Gasteiger partial charge in [0.1, 0.15) is 0 Å². The Bertz CT molecular complexity index is 174. The van der Waals surface area contributed by atoms with E-state index in [9.17, 15) is 0 Å². The fourth-order valence-corrected chi connectivity index (χ4v) is 1.58. The Kier molecular flexibility index (Phi) is 6.96. The first-order valence-corrected chi connectivity index (χ1v) is 6.14. The molecule has 14 heavy (non-hydrogen) atoms. The van der Waals surface area contributed by atoms with Gasteiger partial charge in [-0.25, -0.2) is 0 Å². The maximum atomic E-state index is 2.37.